The highest BCUT2D eigenvalue weighted by atomic mass is 15.3. The van der Waals surface area contributed by atoms with Crippen molar-refractivity contribution < 1.29 is 0 Å². The molecule has 0 unspecified atom stereocenters. The quantitative estimate of drug-likeness (QED) is 0.845. The van der Waals surface area contributed by atoms with Crippen molar-refractivity contribution >= 4 is 5.69 Å². The molecule has 0 bridgehead atoms. The molecule has 4 heteroatoms. The van der Waals surface area contributed by atoms with Crippen molar-refractivity contribution in [3.8, 4) is 0 Å². The van der Waals surface area contributed by atoms with Gasteiger partial charge in [0.2, 0.25) is 0 Å². The van der Waals surface area contributed by atoms with Crippen LogP contribution in [0.15, 0.2) is 24.5 Å². The average molecular weight is 216 g/mol. The zero-order valence-corrected chi connectivity index (χ0v) is 9.64. The van der Waals surface area contributed by atoms with Crippen LogP contribution in [0.1, 0.15) is 17.0 Å². The number of nitrogen functional groups attached to an aromatic ring is 1. The van der Waals surface area contributed by atoms with Crippen LogP contribution in [0.4, 0.5) is 5.69 Å². The number of aryl methyl sites for hydroxylation is 4. The van der Waals surface area contributed by atoms with E-state index in [1.165, 1.54) is 5.69 Å². The molecule has 2 rings (SSSR count). The van der Waals surface area contributed by atoms with Crippen LogP contribution in [-0.4, -0.2) is 14.8 Å². The fourth-order valence-electron chi connectivity index (χ4n) is 1.81. The van der Waals surface area contributed by atoms with E-state index >= 15 is 0 Å². The van der Waals surface area contributed by atoms with Crippen molar-refractivity contribution in [3.63, 3.8) is 0 Å². The van der Waals surface area contributed by atoms with E-state index in [1.807, 2.05) is 30.9 Å². The summed E-state index contributed by atoms with van der Waals surface area (Å²) >= 11 is 0. The Labute approximate surface area is 95.1 Å². The van der Waals surface area contributed by atoms with E-state index in [0.29, 0.717) is 0 Å². The molecular weight excluding hydrogens is 200 g/mol. The summed E-state index contributed by atoms with van der Waals surface area (Å²) in [5.41, 5.74) is 10.1. The molecular formula is C12H16N4. The molecule has 2 aromatic heterocycles. The lowest BCUT2D eigenvalue weighted by Crippen LogP contribution is -2.02. The summed E-state index contributed by atoms with van der Waals surface area (Å²) in [5.74, 6) is 0. The maximum atomic E-state index is 5.87. The van der Waals surface area contributed by atoms with Gasteiger partial charge in [0.25, 0.3) is 0 Å². The molecule has 0 saturated carbocycles. The van der Waals surface area contributed by atoms with Gasteiger partial charge in [0, 0.05) is 30.8 Å². The van der Waals surface area contributed by atoms with Gasteiger partial charge in [-0.05, 0) is 37.5 Å². The topological polar surface area (TPSA) is 56.7 Å². The highest BCUT2D eigenvalue weighted by molar-refractivity contribution is 5.44. The van der Waals surface area contributed by atoms with E-state index in [2.05, 4.69) is 16.1 Å². The molecule has 2 heterocycles. The number of rotatable bonds is 3. The molecule has 0 aliphatic rings. The second-order valence-corrected chi connectivity index (χ2v) is 3.98. The second kappa shape index (κ2) is 4.35. The number of anilines is 1. The van der Waals surface area contributed by atoms with E-state index in [-0.39, 0.29) is 0 Å². The van der Waals surface area contributed by atoms with Crippen LogP contribution in [0.25, 0.3) is 0 Å². The first kappa shape index (κ1) is 10.7. The SMILES string of the molecule is Cc1cc(CCc2cnccc2N)n(C)n1. The third-order valence-corrected chi connectivity index (χ3v) is 2.69. The highest BCUT2D eigenvalue weighted by Gasteiger charge is 2.04. The fourth-order valence-corrected chi connectivity index (χ4v) is 1.81. The van der Waals surface area contributed by atoms with Crippen molar-refractivity contribution in [3.05, 3.63) is 41.5 Å². The molecule has 2 N–H and O–H groups in total. The molecule has 0 atom stereocenters. The van der Waals surface area contributed by atoms with Crippen LogP contribution in [0.5, 0.6) is 0 Å². The number of aromatic nitrogens is 3. The third kappa shape index (κ3) is 2.21. The summed E-state index contributed by atoms with van der Waals surface area (Å²) < 4.78 is 1.92. The Balaban J connectivity index is 2.08. The Morgan fingerprint density at radius 3 is 2.81 bits per heavy atom. The van der Waals surface area contributed by atoms with Crippen LogP contribution in [0.3, 0.4) is 0 Å². The van der Waals surface area contributed by atoms with Gasteiger partial charge in [-0.15, -0.1) is 0 Å². The van der Waals surface area contributed by atoms with E-state index in [0.717, 1.165) is 29.8 Å². The maximum absolute atomic E-state index is 5.87. The Hall–Kier alpha value is -1.84. The first-order valence-electron chi connectivity index (χ1n) is 5.34. The smallest absolute Gasteiger partial charge is 0.0596 e. The molecule has 0 saturated heterocycles. The van der Waals surface area contributed by atoms with Gasteiger partial charge in [-0.3, -0.25) is 9.67 Å². The summed E-state index contributed by atoms with van der Waals surface area (Å²) in [6.45, 7) is 2.00. The third-order valence-electron chi connectivity index (χ3n) is 2.69. The minimum Gasteiger partial charge on any atom is -0.398 e. The molecule has 0 spiro atoms. The lowest BCUT2D eigenvalue weighted by Gasteiger charge is -2.04. The van der Waals surface area contributed by atoms with Gasteiger partial charge in [-0.25, -0.2) is 0 Å². The molecule has 0 amide bonds. The van der Waals surface area contributed by atoms with Gasteiger partial charge in [-0.1, -0.05) is 0 Å². The second-order valence-electron chi connectivity index (χ2n) is 3.98. The molecule has 0 radical (unpaired) electrons. The average Bonchev–Trinajstić information content (AvgIpc) is 2.56. The highest BCUT2D eigenvalue weighted by Crippen LogP contribution is 2.13. The molecule has 0 aromatic carbocycles. The van der Waals surface area contributed by atoms with E-state index in [4.69, 9.17) is 5.73 Å². The fraction of sp³-hybridized carbons (Fsp3) is 0.333. The van der Waals surface area contributed by atoms with Crippen LogP contribution in [0.2, 0.25) is 0 Å². The van der Waals surface area contributed by atoms with Crippen LogP contribution in [0, 0.1) is 6.92 Å². The summed E-state index contributed by atoms with van der Waals surface area (Å²) in [6, 6.07) is 3.94. The Bertz CT molecular complexity index is 488. The van der Waals surface area contributed by atoms with Gasteiger partial charge in [0.05, 0.1) is 5.69 Å². The summed E-state index contributed by atoms with van der Waals surface area (Å²) in [7, 11) is 1.97. The molecule has 16 heavy (non-hydrogen) atoms. The van der Waals surface area contributed by atoms with Gasteiger partial charge in [-0.2, -0.15) is 5.10 Å². The number of nitrogens with two attached hydrogens (primary N) is 1. The summed E-state index contributed by atoms with van der Waals surface area (Å²) in [6.07, 6.45) is 5.39. The van der Waals surface area contributed by atoms with Gasteiger partial charge in [0.1, 0.15) is 0 Å². The Kier molecular flexibility index (Phi) is 2.90. The lowest BCUT2D eigenvalue weighted by molar-refractivity contribution is 0.697. The van der Waals surface area contributed by atoms with Crippen molar-refractivity contribution in [2.24, 2.45) is 7.05 Å². The number of hydrogen-bond acceptors (Lipinski definition) is 3. The van der Waals surface area contributed by atoms with Crippen molar-refractivity contribution in [2.75, 3.05) is 5.73 Å². The molecule has 2 aromatic rings. The Morgan fingerprint density at radius 1 is 1.38 bits per heavy atom. The van der Waals surface area contributed by atoms with Gasteiger partial charge in [0.15, 0.2) is 0 Å². The van der Waals surface area contributed by atoms with Crippen molar-refractivity contribution in [2.45, 2.75) is 19.8 Å². The molecule has 0 aliphatic carbocycles. The van der Waals surface area contributed by atoms with Crippen molar-refractivity contribution in [1.82, 2.24) is 14.8 Å². The van der Waals surface area contributed by atoms with Crippen LogP contribution in [-0.2, 0) is 19.9 Å². The van der Waals surface area contributed by atoms with Gasteiger partial charge >= 0.3 is 0 Å². The zero-order valence-electron chi connectivity index (χ0n) is 9.64. The standard InChI is InChI=1S/C12H16N4/c1-9-7-11(16(2)15-9)4-3-10-8-14-6-5-12(10)13/h5-8H,3-4H2,1-2H3,(H2,13,14). The summed E-state index contributed by atoms with van der Waals surface area (Å²) in [4.78, 5) is 4.08. The lowest BCUT2D eigenvalue weighted by atomic mass is 10.1. The summed E-state index contributed by atoms with van der Waals surface area (Å²) in [5, 5.41) is 4.32. The minimum atomic E-state index is 0.814. The molecule has 0 fully saturated rings. The molecule has 4 nitrogen and oxygen atoms in total. The van der Waals surface area contributed by atoms with E-state index in [1.54, 1.807) is 6.20 Å². The van der Waals surface area contributed by atoms with Crippen LogP contribution >= 0.6 is 0 Å². The first-order chi connectivity index (χ1) is 7.66. The maximum Gasteiger partial charge on any atom is 0.0596 e. The van der Waals surface area contributed by atoms with Crippen molar-refractivity contribution in [1.29, 1.82) is 0 Å². The van der Waals surface area contributed by atoms with E-state index in [9.17, 15) is 0 Å². The largest absolute Gasteiger partial charge is 0.398 e. The predicted molar refractivity (Wildman–Crippen MR) is 64.0 cm³/mol. The number of hydrogen-bond donors (Lipinski definition) is 1. The molecule has 0 aliphatic heterocycles. The number of nitrogens with zero attached hydrogens (tertiary/aromatic N) is 3. The monoisotopic (exact) mass is 216 g/mol. The Morgan fingerprint density at radius 2 is 2.19 bits per heavy atom. The van der Waals surface area contributed by atoms with Gasteiger partial charge < -0.3 is 5.73 Å². The zero-order chi connectivity index (χ0) is 11.5. The predicted octanol–water partition coefficient (Wildman–Crippen LogP) is 1.49. The normalized spacial score (nSPS) is 10.6. The molecule has 84 valence electrons. The van der Waals surface area contributed by atoms with Crippen LogP contribution < -0.4 is 5.73 Å². The first-order valence-corrected chi connectivity index (χ1v) is 5.34. The minimum absolute atomic E-state index is 0.814. The van der Waals surface area contributed by atoms with E-state index < -0.39 is 0 Å². The number of pyridine rings is 1.